The fourth-order valence-electron chi connectivity index (χ4n) is 1.30. The third-order valence-corrected chi connectivity index (χ3v) is 3.45. The van der Waals surface area contributed by atoms with Crippen molar-refractivity contribution in [2.75, 3.05) is 51.8 Å². The minimum Gasteiger partial charge on any atom is -0.391 e. The summed E-state index contributed by atoms with van der Waals surface area (Å²) in [5.74, 6) is 1.95. The SMILES string of the molecule is CCN(CC)CC(O)CSCCN(C)C. The lowest BCUT2D eigenvalue weighted by Gasteiger charge is -2.21. The predicted molar refractivity (Wildman–Crippen MR) is 69.7 cm³/mol. The highest BCUT2D eigenvalue weighted by atomic mass is 32.2. The molecular formula is C11H26N2OS. The van der Waals surface area contributed by atoms with Crippen molar-refractivity contribution in [1.82, 2.24) is 9.80 Å². The third kappa shape index (κ3) is 9.18. The van der Waals surface area contributed by atoms with Crippen LogP contribution in [0.1, 0.15) is 13.8 Å². The Morgan fingerprint density at radius 1 is 1.20 bits per heavy atom. The summed E-state index contributed by atoms with van der Waals surface area (Å²) in [6, 6.07) is 0. The van der Waals surface area contributed by atoms with Crippen molar-refractivity contribution in [2.45, 2.75) is 20.0 Å². The Balaban J connectivity index is 3.43. The number of nitrogens with zero attached hydrogens (tertiary/aromatic N) is 2. The van der Waals surface area contributed by atoms with Gasteiger partial charge in [0.15, 0.2) is 0 Å². The molecule has 0 aromatic heterocycles. The van der Waals surface area contributed by atoms with Gasteiger partial charge in [0.2, 0.25) is 0 Å². The molecule has 3 nitrogen and oxygen atoms in total. The first-order valence-corrected chi connectivity index (χ1v) is 6.88. The number of hydrogen-bond donors (Lipinski definition) is 1. The van der Waals surface area contributed by atoms with Gasteiger partial charge in [-0.25, -0.2) is 0 Å². The number of rotatable bonds is 9. The van der Waals surface area contributed by atoms with E-state index in [2.05, 4.69) is 37.7 Å². The van der Waals surface area contributed by atoms with Gasteiger partial charge >= 0.3 is 0 Å². The van der Waals surface area contributed by atoms with Gasteiger partial charge in [-0.1, -0.05) is 13.8 Å². The fourth-order valence-corrected chi connectivity index (χ4v) is 2.34. The van der Waals surface area contributed by atoms with Crippen LogP contribution < -0.4 is 0 Å². The molecule has 0 saturated carbocycles. The average molecular weight is 234 g/mol. The number of hydrogen-bond acceptors (Lipinski definition) is 4. The van der Waals surface area contributed by atoms with Crippen molar-refractivity contribution in [2.24, 2.45) is 0 Å². The van der Waals surface area contributed by atoms with Crippen LogP contribution in [0, 0.1) is 0 Å². The molecule has 15 heavy (non-hydrogen) atoms. The molecule has 0 aromatic carbocycles. The molecule has 1 atom stereocenters. The molecule has 0 bridgehead atoms. The van der Waals surface area contributed by atoms with E-state index in [1.165, 1.54) is 0 Å². The van der Waals surface area contributed by atoms with Crippen molar-refractivity contribution in [3.8, 4) is 0 Å². The van der Waals surface area contributed by atoms with E-state index >= 15 is 0 Å². The molecule has 1 unspecified atom stereocenters. The quantitative estimate of drug-likeness (QED) is 0.602. The van der Waals surface area contributed by atoms with Gasteiger partial charge < -0.3 is 14.9 Å². The maximum atomic E-state index is 9.77. The van der Waals surface area contributed by atoms with Crippen LogP contribution in [0.25, 0.3) is 0 Å². The maximum absolute atomic E-state index is 9.77. The Hall–Kier alpha value is 0.230. The van der Waals surface area contributed by atoms with Gasteiger partial charge in [0, 0.05) is 24.6 Å². The Labute approximate surface area is 98.8 Å². The zero-order valence-corrected chi connectivity index (χ0v) is 11.4. The number of likely N-dealkylation sites (N-methyl/N-ethyl adjacent to an activating group) is 1. The number of aliphatic hydroxyl groups excluding tert-OH is 1. The Morgan fingerprint density at radius 2 is 1.80 bits per heavy atom. The summed E-state index contributed by atoms with van der Waals surface area (Å²) >= 11 is 1.83. The van der Waals surface area contributed by atoms with E-state index in [9.17, 15) is 5.11 Å². The van der Waals surface area contributed by atoms with Gasteiger partial charge in [0.05, 0.1) is 6.10 Å². The van der Waals surface area contributed by atoms with Crippen LogP contribution in [-0.4, -0.2) is 72.8 Å². The van der Waals surface area contributed by atoms with E-state index in [-0.39, 0.29) is 6.10 Å². The summed E-state index contributed by atoms with van der Waals surface area (Å²) in [4.78, 5) is 4.43. The molecule has 4 heteroatoms. The third-order valence-electron chi connectivity index (χ3n) is 2.36. The molecule has 0 spiro atoms. The number of thioether (sulfide) groups is 1. The van der Waals surface area contributed by atoms with Crippen LogP contribution in [-0.2, 0) is 0 Å². The van der Waals surface area contributed by atoms with E-state index in [1.807, 2.05) is 11.8 Å². The summed E-state index contributed by atoms with van der Waals surface area (Å²) in [5.41, 5.74) is 0. The summed E-state index contributed by atoms with van der Waals surface area (Å²) < 4.78 is 0. The fraction of sp³-hybridized carbons (Fsp3) is 1.00. The molecule has 0 fully saturated rings. The lowest BCUT2D eigenvalue weighted by molar-refractivity contribution is 0.137. The van der Waals surface area contributed by atoms with Gasteiger partial charge in [0.25, 0.3) is 0 Å². The van der Waals surface area contributed by atoms with Gasteiger partial charge in [0.1, 0.15) is 0 Å². The topological polar surface area (TPSA) is 26.7 Å². The van der Waals surface area contributed by atoms with Crippen molar-refractivity contribution in [3.63, 3.8) is 0 Å². The predicted octanol–water partition coefficient (Wildman–Crippen LogP) is 0.984. The molecule has 0 aliphatic rings. The van der Waals surface area contributed by atoms with Crippen molar-refractivity contribution < 1.29 is 5.11 Å². The second kappa shape index (κ2) is 9.46. The van der Waals surface area contributed by atoms with Gasteiger partial charge in [-0.15, -0.1) is 0 Å². The highest BCUT2D eigenvalue weighted by molar-refractivity contribution is 7.99. The molecular weight excluding hydrogens is 208 g/mol. The van der Waals surface area contributed by atoms with E-state index in [0.717, 1.165) is 37.7 Å². The summed E-state index contributed by atoms with van der Waals surface area (Å²) in [6.45, 7) is 8.21. The molecule has 0 aliphatic carbocycles. The first kappa shape index (κ1) is 15.2. The Bertz CT molecular complexity index is 141. The lowest BCUT2D eigenvalue weighted by atomic mass is 10.3. The zero-order valence-electron chi connectivity index (χ0n) is 10.6. The second-order valence-electron chi connectivity index (χ2n) is 4.02. The molecule has 0 aliphatic heterocycles. The van der Waals surface area contributed by atoms with Crippen LogP contribution >= 0.6 is 11.8 Å². The highest BCUT2D eigenvalue weighted by Crippen LogP contribution is 2.04. The molecule has 0 saturated heterocycles. The van der Waals surface area contributed by atoms with Crippen LogP contribution in [0.2, 0.25) is 0 Å². The van der Waals surface area contributed by atoms with E-state index < -0.39 is 0 Å². The van der Waals surface area contributed by atoms with Gasteiger partial charge in [-0.05, 0) is 27.2 Å². The molecule has 92 valence electrons. The van der Waals surface area contributed by atoms with Crippen LogP contribution in [0.4, 0.5) is 0 Å². The molecule has 0 aromatic rings. The monoisotopic (exact) mass is 234 g/mol. The summed E-state index contributed by atoms with van der Waals surface area (Å²) in [7, 11) is 4.15. The van der Waals surface area contributed by atoms with Crippen molar-refractivity contribution in [1.29, 1.82) is 0 Å². The molecule has 0 radical (unpaired) electrons. The highest BCUT2D eigenvalue weighted by Gasteiger charge is 2.08. The van der Waals surface area contributed by atoms with Crippen LogP contribution in [0.3, 0.4) is 0 Å². The summed E-state index contributed by atoms with van der Waals surface area (Å²) in [6.07, 6.45) is -0.183. The normalized spacial score (nSPS) is 13.8. The standard InChI is InChI=1S/C11H26N2OS/c1-5-13(6-2)9-11(14)10-15-8-7-12(3)4/h11,14H,5-10H2,1-4H3. The first-order chi connectivity index (χ1) is 7.10. The lowest BCUT2D eigenvalue weighted by Crippen LogP contribution is -2.33. The minimum atomic E-state index is -0.183. The Kier molecular flexibility index (Phi) is 9.60. The van der Waals surface area contributed by atoms with E-state index in [0.29, 0.717) is 0 Å². The molecule has 0 rings (SSSR count). The van der Waals surface area contributed by atoms with Gasteiger partial charge in [-0.2, -0.15) is 11.8 Å². The largest absolute Gasteiger partial charge is 0.391 e. The minimum absolute atomic E-state index is 0.183. The molecule has 1 N–H and O–H groups in total. The first-order valence-electron chi connectivity index (χ1n) is 5.73. The molecule has 0 amide bonds. The number of aliphatic hydroxyl groups is 1. The zero-order chi connectivity index (χ0) is 11.7. The van der Waals surface area contributed by atoms with Crippen LogP contribution in [0.5, 0.6) is 0 Å². The smallest absolute Gasteiger partial charge is 0.0757 e. The van der Waals surface area contributed by atoms with E-state index in [1.54, 1.807) is 0 Å². The second-order valence-corrected chi connectivity index (χ2v) is 5.17. The van der Waals surface area contributed by atoms with Gasteiger partial charge in [-0.3, -0.25) is 0 Å². The van der Waals surface area contributed by atoms with Crippen molar-refractivity contribution >= 4 is 11.8 Å². The molecule has 0 heterocycles. The van der Waals surface area contributed by atoms with Crippen molar-refractivity contribution in [3.05, 3.63) is 0 Å². The maximum Gasteiger partial charge on any atom is 0.0757 e. The average Bonchev–Trinajstić information content (AvgIpc) is 2.20. The summed E-state index contributed by atoms with van der Waals surface area (Å²) in [5, 5.41) is 9.77. The van der Waals surface area contributed by atoms with Crippen LogP contribution in [0.15, 0.2) is 0 Å². The Morgan fingerprint density at radius 3 is 2.27 bits per heavy atom. The van der Waals surface area contributed by atoms with E-state index in [4.69, 9.17) is 0 Å².